The van der Waals surface area contributed by atoms with Crippen LogP contribution in [0.4, 0.5) is 0 Å². The number of hydrogen-bond acceptors (Lipinski definition) is 3. The van der Waals surface area contributed by atoms with E-state index < -0.39 is 0 Å². The van der Waals surface area contributed by atoms with Crippen LogP contribution in [-0.2, 0) is 26.1 Å². The maximum atomic E-state index is 12.4. The number of benzene rings is 1. The van der Waals surface area contributed by atoms with E-state index in [0.717, 1.165) is 70.1 Å². The highest BCUT2D eigenvalue weighted by Crippen LogP contribution is 2.15. The zero-order chi connectivity index (χ0) is 20.8. The lowest BCUT2D eigenvalue weighted by atomic mass is 10.2. The Bertz CT molecular complexity index is 1070. The smallest absolute Gasteiger partial charge is 0.345 e. The van der Waals surface area contributed by atoms with E-state index in [0.29, 0.717) is 6.54 Å². The molecule has 1 aliphatic rings. The van der Waals surface area contributed by atoms with Gasteiger partial charge in [0, 0.05) is 57.9 Å². The van der Waals surface area contributed by atoms with Crippen molar-refractivity contribution in [3.05, 3.63) is 52.8 Å². The normalized spacial score (nSPS) is 13.6. The molecule has 0 amide bonds. The molecule has 3 aromatic rings. The lowest BCUT2D eigenvalue weighted by molar-refractivity contribution is 0.509. The molecule has 2 aromatic heterocycles. The summed E-state index contributed by atoms with van der Waals surface area (Å²) in [6.45, 7) is 3.99. The number of halogens is 1. The monoisotopic (exact) mass is 537 g/mol. The van der Waals surface area contributed by atoms with Gasteiger partial charge < -0.3 is 15.2 Å². The minimum atomic E-state index is 0. The van der Waals surface area contributed by atoms with Gasteiger partial charge in [-0.25, -0.2) is 9.48 Å². The van der Waals surface area contributed by atoms with Crippen LogP contribution >= 0.6 is 24.0 Å². The van der Waals surface area contributed by atoms with Crippen molar-refractivity contribution in [1.29, 1.82) is 0 Å². The second-order valence-electron chi connectivity index (χ2n) is 7.73. The van der Waals surface area contributed by atoms with Crippen molar-refractivity contribution in [2.24, 2.45) is 4.99 Å². The van der Waals surface area contributed by atoms with Gasteiger partial charge in [0.15, 0.2) is 5.96 Å². The number of aryl methyl sites for hydroxylation is 3. The summed E-state index contributed by atoms with van der Waals surface area (Å²) < 4.78 is 5.72. The standard InChI is InChI=1S/C22H31N7O.HI/c1-23-21(24-12-6-14-27-17-11-18-8-2-3-9-19(18)27)25-13-7-16-29-22(30)28-15-5-4-10-20(28)26-29;/h2-3,8-9,11,17H,4-7,10,12-16H2,1H3,(H2,23,24,25);1H. The highest BCUT2D eigenvalue weighted by Gasteiger charge is 2.16. The number of rotatable bonds is 8. The van der Waals surface area contributed by atoms with Crippen molar-refractivity contribution in [3.8, 4) is 0 Å². The highest BCUT2D eigenvalue weighted by molar-refractivity contribution is 14.0. The quantitative estimate of drug-likeness (QED) is 0.201. The first-order valence-corrected chi connectivity index (χ1v) is 10.9. The zero-order valence-corrected chi connectivity index (χ0v) is 20.4. The molecule has 0 bridgehead atoms. The largest absolute Gasteiger partial charge is 0.356 e. The molecule has 0 fully saturated rings. The van der Waals surface area contributed by atoms with Gasteiger partial charge in [-0.3, -0.25) is 9.56 Å². The summed E-state index contributed by atoms with van der Waals surface area (Å²) in [5, 5.41) is 12.5. The Balaban J connectivity index is 0.00000272. The summed E-state index contributed by atoms with van der Waals surface area (Å²) >= 11 is 0. The summed E-state index contributed by atoms with van der Waals surface area (Å²) in [4.78, 5) is 16.6. The molecule has 0 atom stereocenters. The summed E-state index contributed by atoms with van der Waals surface area (Å²) in [5.74, 6) is 1.73. The molecule has 0 saturated heterocycles. The second kappa shape index (κ2) is 11.4. The topological polar surface area (TPSA) is 81.2 Å². The molecule has 1 aromatic carbocycles. The van der Waals surface area contributed by atoms with Crippen LogP contribution < -0.4 is 16.3 Å². The van der Waals surface area contributed by atoms with Crippen molar-refractivity contribution in [2.45, 2.75) is 51.7 Å². The van der Waals surface area contributed by atoms with Crippen molar-refractivity contribution in [1.82, 2.24) is 29.5 Å². The lowest BCUT2D eigenvalue weighted by Gasteiger charge is -2.12. The maximum Gasteiger partial charge on any atom is 0.345 e. The fraction of sp³-hybridized carbons (Fsp3) is 0.500. The van der Waals surface area contributed by atoms with E-state index in [1.807, 2.05) is 4.57 Å². The predicted octanol–water partition coefficient (Wildman–Crippen LogP) is 2.60. The van der Waals surface area contributed by atoms with E-state index in [-0.39, 0.29) is 29.7 Å². The van der Waals surface area contributed by atoms with Crippen molar-refractivity contribution >= 4 is 40.8 Å². The molecular formula is C22H32IN7O. The van der Waals surface area contributed by atoms with Crippen LogP contribution in [0.1, 0.15) is 31.5 Å². The van der Waals surface area contributed by atoms with Crippen LogP contribution in [0.15, 0.2) is 46.3 Å². The van der Waals surface area contributed by atoms with E-state index in [9.17, 15) is 4.79 Å². The first-order valence-electron chi connectivity index (χ1n) is 10.9. The molecular weight excluding hydrogens is 505 g/mol. The van der Waals surface area contributed by atoms with Gasteiger partial charge in [-0.05, 0) is 43.2 Å². The average molecular weight is 537 g/mol. The van der Waals surface area contributed by atoms with Crippen LogP contribution in [0.2, 0.25) is 0 Å². The highest BCUT2D eigenvalue weighted by atomic mass is 127. The third-order valence-corrected chi connectivity index (χ3v) is 5.64. The molecule has 9 heteroatoms. The summed E-state index contributed by atoms with van der Waals surface area (Å²) in [6, 6.07) is 10.6. The summed E-state index contributed by atoms with van der Waals surface area (Å²) in [5.41, 5.74) is 1.31. The van der Waals surface area contributed by atoms with Gasteiger partial charge in [0.05, 0.1) is 0 Å². The Labute approximate surface area is 199 Å². The van der Waals surface area contributed by atoms with Gasteiger partial charge in [-0.1, -0.05) is 18.2 Å². The third-order valence-electron chi connectivity index (χ3n) is 5.64. The molecule has 0 radical (unpaired) electrons. The predicted molar refractivity (Wildman–Crippen MR) is 135 cm³/mol. The van der Waals surface area contributed by atoms with Crippen molar-refractivity contribution in [2.75, 3.05) is 20.1 Å². The van der Waals surface area contributed by atoms with Crippen LogP contribution in [0, 0.1) is 0 Å². The third kappa shape index (κ3) is 5.69. The number of aliphatic imine (C=N–C) groups is 1. The fourth-order valence-corrected chi connectivity index (χ4v) is 4.04. The van der Waals surface area contributed by atoms with E-state index in [2.05, 4.69) is 61.8 Å². The van der Waals surface area contributed by atoms with E-state index in [1.165, 1.54) is 10.9 Å². The molecule has 2 N–H and O–H groups in total. The number of guanidine groups is 1. The number of nitrogens with zero attached hydrogens (tertiary/aromatic N) is 5. The number of fused-ring (bicyclic) bond motifs is 2. The molecule has 8 nitrogen and oxygen atoms in total. The van der Waals surface area contributed by atoms with Gasteiger partial charge in [0.25, 0.3) is 0 Å². The number of aromatic nitrogens is 4. The second-order valence-corrected chi connectivity index (χ2v) is 7.73. The van der Waals surface area contributed by atoms with E-state index in [4.69, 9.17) is 0 Å². The van der Waals surface area contributed by atoms with Crippen LogP contribution in [0.3, 0.4) is 0 Å². The molecule has 168 valence electrons. The van der Waals surface area contributed by atoms with Crippen LogP contribution in [0.5, 0.6) is 0 Å². The van der Waals surface area contributed by atoms with Gasteiger partial charge in [-0.15, -0.1) is 24.0 Å². The van der Waals surface area contributed by atoms with Gasteiger partial charge in [-0.2, -0.15) is 5.10 Å². The average Bonchev–Trinajstić information content (AvgIpc) is 3.34. The van der Waals surface area contributed by atoms with Gasteiger partial charge >= 0.3 is 5.69 Å². The number of hydrogen-bond donors (Lipinski definition) is 2. The van der Waals surface area contributed by atoms with Gasteiger partial charge in [0.1, 0.15) is 5.82 Å². The van der Waals surface area contributed by atoms with Crippen LogP contribution in [0.25, 0.3) is 10.9 Å². The Kier molecular flexibility index (Phi) is 8.56. The van der Waals surface area contributed by atoms with Crippen LogP contribution in [-0.4, -0.2) is 45.0 Å². The SMILES string of the molecule is CN=C(NCCCn1nc2n(c1=O)CCCC2)NCCCn1ccc2ccccc21.I. The Morgan fingerprint density at radius 2 is 1.87 bits per heavy atom. The van der Waals surface area contributed by atoms with Crippen molar-refractivity contribution < 1.29 is 0 Å². The Morgan fingerprint density at radius 1 is 1.10 bits per heavy atom. The first-order chi connectivity index (χ1) is 14.8. The summed E-state index contributed by atoms with van der Waals surface area (Å²) in [6.07, 6.45) is 7.09. The minimum absolute atomic E-state index is 0. The molecule has 3 heterocycles. The molecule has 0 spiro atoms. The molecule has 1 aliphatic heterocycles. The Morgan fingerprint density at radius 3 is 2.65 bits per heavy atom. The molecule has 0 saturated carbocycles. The molecule has 4 rings (SSSR count). The first kappa shape index (κ1) is 23.4. The fourth-order valence-electron chi connectivity index (χ4n) is 4.04. The van der Waals surface area contributed by atoms with E-state index in [1.54, 1.807) is 11.7 Å². The van der Waals surface area contributed by atoms with Crippen molar-refractivity contribution in [3.63, 3.8) is 0 Å². The number of nitrogens with one attached hydrogen (secondary N) is 2. The molecule has 31 heavy (non-hydrogen) atoms. The lowest BCUT2D eigenvalue weighted by Crippen LogP contribution is -2.39. The molecule has 0 unspecified atom stereocenters. The maximum absolute atomic E-state index is 12.4. The van der Waals surface area contributed by atoms with E-state index >= 15 is 0 Å². The summed E-state index contributed by atoms with van der Waals surface area (Å²) in [7, 11) is 1.78. The molecule has 0 aliphatic carbocycles. The van der Waals surface area contributed by atoms with Gasteiger partial charge in [0.2, 0.25) is 0 Å². The Hall–Kier alpha value is -2.30. The minimum Gasteiger partial charge on any atom is -0.356 e. The number of para-hydroxylation sites is 1. The zero-order valence-electron chi connectivity index (χ0n) is 18.1.